The number of aromatic nitrogens is 2. The molecule has 1 heterocycles. The molecule has 4 nitrogen and oxygen atoms in total. The Morgan fingerprint density at radius 2 is 2.32 bits per heavy atom. The first-order chi connectivity index (χ1) is 9.20. The minimum atomic E-state index is -0.273. The molecule has 0 aliphatic carbocycles. The Hall–Kier alpha value is -1.24. The Labute approximate surface area is 119 Å². The van der Waals surface area contributed by atoms with Gasteiger partial charge in [-0.15, -0.1) is 0 Å². The summed E-state index contributed by atoms with van der Waals surface area (Å²) in [5.74, 6) is 0.566. The van der Waals surface area contributed by atoms with Crippen molar-refractivity contribution in [2.75, 3.05) is 20.3 Å². The zero-order valence-corrected chi connectivity index (χ0v) is 12.1. The molecule has 0 radical (unpaired) electrons. The van der Waals surface area contributed by atoms with Gasteiger partial charge in [0.25, 0.3) is 0 Å². The zero-order valence-electron chi connectivity index (χ0n) is 10.5. The third kappa shape index (κ3) is 3.86. The second-order valence-electron chi connectivity index (χ2n) is 4.04. The molecule has 2 N–H and O–H groups in total. The minimum absolute atomic E-state index is 0.273. The van der Waals surface area contributed by atoms with Gasteiger partial charge in [0.2, 0.25) is 0 Å². The fraction of sp³-hybridized carbons (Fsp3) is 0.308. The number of nitrogens with one attached hydrogen (secondary N) is 2. The summed E-state index contributed by atoms with van der Waals surface area (Å²) >= 11 is 3.17. The molecule has 102 valence electrons. The Balaban J connectivity index is 2.01. The van der Waals surface area contributed by atoms with Crippen LogP contribution < -0.4 is 5.32 Å². The van der Waals surface area contributed by atoms with Crippen molar-refractivity contribution in [2.24, 2.45) is 0 Å². The van der Waals surface area contributed by atoms with Gasteiger partial charge in [-0.2, -0.15) is 0 Å². The van der Waals surface area contributed by atoms with E-state index in [1.54, 1.807) is 25.4 Å². The summed E-state index contributed by atoms with van der Waals surface area (Å²) in [5, 5.41) is 3.20. The third-order valence-corrected chi connectivity index (χ3v) is 3.24. The molecule has 0 aliphatic heterocycles. The van der Waals surface area contributed by atoms with E-state index in [1.165, 1.54) is 6.07 Å². The molecule has 0 spiro atoms. The van der Waals surface area contributed by atoms with E-state index in [4.69, 9.17) is 4.74 Å². The molecule has 0 saturated heterocycles. The number of methoxy groups -OCH3 is 1. The van der Waals surface area contributed by atoms with Crippen LogP contribution in [0.25, 0.3) is 11.3 Å². The molecule has 0 bridgehead atoms. The molecule has 0 atom stereocenters. The molecule has 1 aromatic heterocycles. The highest BCUT2D eigenvalue weighted by molar-refractivity contribution is 9.10. The first-order valence-corrected chi connectivity index (χ1v) is 6.69. The van der Waals surface area contributed by atoms with E-state index in [0.29, 0.717) is 17.6 Å². The lowest BCUT2D eigenvalue weighted by Crippen LogP contribution is -2.19. The minimum Gasteiger partial charge on any atom is -0.383 e. The quantitative estimate of drug-likeness (QED) is 0.802. The average molecular weight is 328 g/mol. The fourth-order valence-electron chi connectivity index (χ4n) is 1.64. The molecule has 0 saturated carbocycles. The molecule has 2 aromatic rings. The van der Waals surface area contributed by atoms with Gasteiger partial charge in [0.15, 0.2) is 0 Å². The first-order valence-electron chi connectivity index (χ1n) is 5.89. The number of rotatable bonds is 6. The van der Waals surface area contributed by atoms with Crippen molar-refractivity contribution in [1.82, 2.24) is 15.3 Å². The number of halogens is 2. The van der Waals surface area contributed by atoms with E-state index in [1.807, 2.05) is 0 Å². The standard InChI is InChI=1S/C13H15BrFN3O/c1-19-5-4-16-8-13-17-7-12(18-13)9-2-3-11(15)10(14)6-9/h2-3,6-7,16H,4-5,8H2,1H3,(H,17,18). The lowest BCUT2D eigenvalue weighted by atomic mass is 10.2. The number of hydrogen-bond acceptors (Lipinski definition) is 3. The largest absolute Gasteiger partial charge is 0.383 e. The second kappa shape index (κ2) is 6.79. The summed E-state index contributed by atoms with van der Waals surface area (Å²) in [6, 6.07) is 4.87. The summed E-state index contributed by atoms with van der Waals surface area (Å²) in [7, 11) is 1.67. The van der Waals surface area contributed by atoms with Crippen LogP contribution in [0.15, 0.2) is 28.9 Å². The van der Waals surface area contributed by atoms with Gasteiger partial charge in [-0.05, 0) is 34.1 Å². The predicted molar refractivity (Wildman–Crippen MR) is 75.3 cm³/mol. The van der Waals surface area contributed by atoms with Crippen molar-refractivity contribution < 1.29 is 9.13 Å². The third-order valence-electron chi connectivity index (χ3n) is 2.63. The van der Waals surface area contributed by atoms with Gasteiger partial charge < -0.3 is 15.0 Å². The number of hydrogen-bond donors (Lipinski definition) is 2. The Morgan fingerprint density at radius 3 is 3.05 bits per heavy atom. The maximum absolute atomic E-state index is 13.2. The van der Waals surface area contributed by atoms with E-state index in [9.17, 15) is 4.39 Å². The maximum Gasteiger partial charge on any atom is 0.137 e. The number of aromatic amines is 1. The van der Waals surface area contributed by atoms with E-state index in [-0.39, 0.29) is 5.82 Å². The van der Waals surface area contributed by atoms with Crippen molar-refractivity contribution >= 4 is 15.9 Å². The summed E-state index contributed by atoms with van der Waals surface area (Å²) < 4.78 is 18.6. The van der Waals surface area contributed by atoms with E-state index < -0.39 is 0 Å². The SMILES string of the molecule is COCCNCc1ncc(-c2ccc(F)c(Br)c2)[nH]1. The van der Waals surface area contributed by atoms with Crippen molar-refractivity contribution in [2.45, 2.75) is 6.54 Å². The predicted octanol–water partition coefficient (Wildman–Crippen LogP) is 2.71. The zero-order chi connectivity index (χ0) is 13.7. The fourth-order valence-corrected chi connectivity index (χ4v) is 2.02. The summed E-state index contributed by atoms with van der Waals surface area (Å²) in [4.78, 5) is 7.47. The highest BCUT2D eigenvalue weighted by Gasteiger charge is 2.06. The lowest BCUT2D eigenvalue weighted by molar-refractivity contribution is 0.199. The van der Waals surface area contributed by atoms with Crippen molar-refractivity contribution in [3.63, 3.8) is 0 Å². The topological polar surface area (TPSA) is 49.9 Å². The van der Waals surface area contributed by atoms with Gasteiger partial charge >= 0.3 is 0 Å². The first kappa shape index (κ1) is 14.2. The molecule has 1 aromatic carbocycles. The maximum atomic E-state index is 13.2. The van der Waals surface area contributed by atoms with Crippen LogP contribution >= 0.6 is 15.9 Å². The molecule has 0 aliphatic rings. The van der Waals surface area contributed by atoms with Crippen LogP contribution in [-0.2, 0) is 11.3 Å². The Bertz CT molecular complexity index is 544. The molecule has 2 rings (SSSR count). The average Bonchev–Trinajstić information content (AvgIpc) is 2.87. The van der Waals surface area contributed by atoms with Crippen LogP contribution in [0.3, 0.4) is 0 Å². The highest BCUT2D eigenvalue weighted by Crippen LogP contribution is 2.23. The van der Waals surface area contributed by atoms with Gasteiger partial charge in [0, 0.05) is 19.2 Å². The number of H-pyrrole nitrogens is 1. The van der Waals surface area contributed by atoms with Crippen LogP contribution in [0.2, 0.25) is 0 Å². The van der Waals surface area contributed by atoms with Gasteiger partial charge in [-0.1, -0.05) is 0 Å². The normalized spacial score (nSPS) is 10.9. The number of imidazole rings is 1. The van der Waals surface area contributed by atoms with Crippen LogP contribution in [0.4, 0.5) is 4.39 Å². The van der Waals surface area contributed by atoms with Crippen LogP contribution in [0, 0.1) is 5.82 Å². The highest BCUT2D eigenvalue weighted by atomic mass is 79.9. The number of nitrogens with zero attached hydrogens (tertiary/aromatic N) is 1. The van der Waals surface area contributed by atoms with Crippen LogP contribution in [-0.4, -0.2) is 30.2 Å². The summed E-state index contributed by atoms with van der Waals surface area (Å²) in [5.41, 5.74) is 1.76. The monoisotopic (exact) mass is 327 g/mol. The molecule has 19 heavy (non-hydrogen) atoms. The molecule has 0 unspecified atom stereocenters. The van der Waals surface area contributed by atoms with E-state index >= 15 is 0 Å². The summed E-state index contributed by atoms with van der Waals surface area (Å²) in [6.45, 7) is 2.08. The molecule has 0 fully saturated rings. The summed E-state index contributed by atoms with van der Waals surface area (Å²) in [6.07, 6.45) is 1.74. The molecular formula is C13H15BrFN3O. The van der Waals surface area contributed by atoms with Crippen molar-refractivity contribution in [1.29, 1.82) is 0 Å². The van der Waals surface area contributed by atoms with Crippen molar-refractivity contribution in [3.05, 3.63) is 40.5 Å². The number of ether oxygens (including phenoxy) is 1. The van der Waals surface area contributed by atoms with E-state index in [0.717, 1.165) is 23.6 Å². The van der Waals surface area contributed by atoms with Crippen molar-refractivity contribution in [3.8, 4) is 11.3 Å². The lowest BCUT2D eigenvalue weighted by Gasteiger charge is -2.01. The molecule has 0 amide bonds. The van der Waals surface area contributed by atoms with Gasteiger partial charge in [-0.25, -0.2) is 9.37 Å². The molecular weight excluding hydrogens is 313 g/mol. The van der Waals surface area contributed by atoms with Crippen LogP contribution in [0.1, 0.15) is 5.82 Å². The Kier molecular flexibility index (Phi) is 5.07. The van der Waals surface area contributed by atoms with Crippen LogP contribution in [0.5, 0.6) is 0 Å². The van der Waals surface area contributed by atoms with E-state index in [2.05, 4.69) is 31.2 Å². The number of benzene rings is 1. The smallest absolute Gasteiger partial charge is 0.137 e. The van der Waals surface area contributed by atoms with Gasteiger partial charge in [0.1, 0.15) is 11.6 Å². The van der Waals surface area contributed by atoms with Gasteiger partial charge in [-0.3, -0.25) is 0 Å². The Morgan fingerprint density at radius 1 is 1.47 bits per heavy atom. The second-order valence-corrected chi connectivity index (χ2v) is 4.90. The molecule has 6 heteroatoms. The van der Waals surface area contributed by atoms with Gasteiger partial charge in [0.05, 0.1) is 29.5 Å².